The third kappa shape index (κ3) is 8.66. The van der Waals surface area contributed by atoms with E-state index >= 15 is 0 Å². The van der Waals surface area contributed by atoms with E-state index in [-0.39, 0.29) is 25.6 Å². The highest BCUT2D eigenvalue weighted by atomic mass is 35.5. The molecule has 0 bridgehead atoms. The van der Waals surface area contributed by atoms with Crippen LogP contribution in [0.3, 0.4) is 0 Å². The van der Waals surface area contributed by atoms with Gasteiger partial charge in [-0.1, -0.05) is 35.9 Å². The van der Waals surface area contributed by atoms with Crippen molar-refractivity contribution in [3.8, 4) is 5.75 Å². The second kappa shape index (κ2) is 15.1. The van der Waals surface area contributed by atoms with Gasteiger partial charge in [0.15, 0.2) is 0 Å². The Morgan fingerprint density at radius 3 is 2.33 bits per heavy atom. The summed E-state index contributed by atoms with van der Waals surface area (Å²) in [6.07, 6.45) is 1.21. The molecule has 0 saturated heterocycles. The van der Waals surface area contributed by atoms with E-state index in [1.807, 2.05) is 24.3 Å². The Balaban J connectivity index is 0.00000456. The van der Waals surface area contributed by atoms with Crippen LogP contribution in [0.25, 0.3) is 0 Å². The maximum absolute atomic E-state index is 12.1. The van der Waals surface area contributed by atoms with Crippen molar-refractivity contribution in [1.82, 2.24) is 5.32 Å². The van der Waals surface area contributed by atoms with E-state index in [4.69, 9.17) is 25.8 Å². The predicted octanol–water partition coefficient (Wildman–Crippen LogP) is 4.84. The minimum Gasteiger partial charge on any atom is -0.467 e. The summed E-state index contributed by atoms with van der Waals surface area (Å²) in [7, 11) is 0. The number of benzene rings is 2. The van der Waals surface area contributed by atoms with Crippen LogP contribution in [0.1, 0.15) is 56.3 Å². The normalized spacial score (nSPS) is 17.8. The van der Waals surface area contributed by atoms with Gasteiger partial charge < -0.3 is 24.6 Å². The molecule has 3 rings (SSSR count). The summed E-state index contributed by atoms with van der Waals surface area (Å²) < 4.78 is 15.5. The van der Waals surface area contributed by atoms with Crippen molar-refractivity contribution in [2.24, 2.45) is 5.92 Å². The lowest BCUT2D eigenvalue weighted by atomic mass is 9.96. The van der Waals surface area contributed by atoms with Crippen molar-refractivity contribution in [1.29, 1.82) is 0 Å². The van der Waals surface area contributed by atoms with Gasteiger partial charge in [-0.2, -0.15) is 0 Å². The molecule has 0 spiro atoms. The zero-order valence-corrected chi connectivity index (χ0v) is 22.2. The Kier molecular flexibility index (Phi) is 12.5. The van der Waals surface area contributed by atoms with E-state index in [9.17, 15) is 14.7 Å². The molecule has 2 unspecified atom stereocenters. The van der Waals surface area contributed by atoms with Crippen molar-refractivity contribution in [2.45, 2.75) is 51.2 Å². The summed E-state index contributed by atoms with van der Waals surface area (Å²) in [6, 6.07) is 14.8. The maximum atomic E-state index is 12.1. The lowest BCUT2D eigenvalue weighted by molar-refractivity contribution is -0.166. The zero-order valence-electron chi connectivity index (χ0n) is 20.7. The summed E-state index contributed by atoms with van der Waals surface area (Å²) in [5.41, 5.74) is 2.01. The van der Waals surface area contributed by atoms with E-state index < -0.39 is 24.1 Å². The molecular weight excluding hydrogens is 505 g/mol. The molecular formula is C27H35Cl2NO6. The summed E-state index contributed by atoms with van der Waals surface area (Å²) in [5.74, 6) is -0.159. The van der Waals surface area contributed by atoms with Gasteiger partial charge >= 0.3 is 11.9 Å². The molecule has 2 aromatic carbocycles. The first kappa shape index (κ1) is 29.9. The fraction of sp³-hybridized carbons (Fsp3) is 0.481. The van der Waals surface area contributed by atoms with E-state index in [1.54, 1.807) is 38.1 Å². The van der Waals surface area contributed by atoms with Crippen LogP contribution >= 0.6 is 24.0 Å². The topological polar surface area (TPSA) is 94.1 Å². The SMILES string of the molecule is CCOC(=O)C(Oc1ccc(C2CCC(CNC[C@H](O)c3cccc(Cl)c3)C2)cc1)C(=O)OCC.Cl. The molecule has 198 valence electrons. The quantitative estimate of drug-likeness (QED) is 0.294. The van der Waals surface area contributed by atoms with Crippen LogP contribution in [-0.4, -0.2) is 49.5 Å². The molecule has 9 heteroatoms. The van der Waals surface area contributed by atoms with Gasteiger partial charge in [0.05, 0.1) is 19.3 Å². The Morgan fingerprint density at radius 2 is 1.72 bits per heavy atom. The Labute approximate surface area is 223 Å². The molecule has 0 amide bonds. The molecule has 0 radical (unpaired) electrons. The number of hydrogen-bond donors (Lipinski definition) is 2. The number of ether oxygens (including phenoxy) is 3. The number of hydrogen-bond acceptors (Lipinski definition) is 7. The summed E-state index contributed by atoms with van der Waals surface area (Å²) in [4.78, 5) is 24.2. The number of esters is 2. The van der Waals surface area contributed by atoms with E-state index in [0.29, 0.717) is 29.2 Å². The number of aliphatic hydroxyl groups is 1. The molecule has 1 aliphatic rings. The molecule has 7 nitrogen and oxygen atoms in total. The van der Waals surface area contributed by atoms with Crippen LogP contribution in [0.4, 0.5) is 0 Å². The van der Waals surface area contributed by atoms with Crippen molar-refractivity contribution in [2.75, 3.05) is 26.3 Å². The van der Waals surface area contributed by atoms with Crippen LogP contribution in [0.5, 0.6) is 5.75 Å². The highest BCUT2D eigenvalue weighted by molar-refractivity contribution is 6.30. The highest BCUT2D eigenvalue weighted by Crippen LogP contribution is 2.38. The van der Waals surface area contributed by atoms with Gasteiger partial charge in [0, 0.05) is 11.6 Å². The molecule has 0 aromatic heterocycles. The molecule has 2 aromatic rings. The van der Waals surface area contributed by atoms with E-state index in [2.05, 4.69) is 5.32 Å². The fourth-order valence-electron chi connectivity index (χ4n) is 4.40. The number of nitrogens with one attached hydrogen (secondary N) is 1. The van der Waals surface area contributed by atoms with Gasteiger partial charge in [-0.15, -0.1) is 12.4 Å². The van der Waals surface area contributed by atoms with Crippen LogP contribution in [0, 0.1) is 5.92 Å². The predicted molar refractivity (Wildman–Crippen MR) is 141 cm³/mol. The van der Waals surface area contributed by atoms with Crippen LogP contribution < -0.4 is 10.1 Å². The van der Waals surface area contributed by atoms with Crippen molar-refractivity contribution >= 4 is 35.9 Å². The number of halogens is 2. The monoisotopic (exact) mass is 539 g/mol. The zero-order chi connectivity index (χ0) is 25.2. The first-order valence-electron chi connectivity index (χ1n) is 12.1. The molecule has 3 atom stereocenters. The van der Waals surface area contributed by atoms with Gasteiger partial charge in [-0.25, -0.2) is 9.59 Å². The first-order valence-corrected chi connectivity index (χ1v) is 12.5. The van der Waals surface area contributed by atoms with Crippen LogP contribution in [0.2, 0.25) is 5.02 Å². The molecule has 0 heterocycles. The van der Waals surface area contributed by atoms with E-state index in [0.717, 1.165) is 31.4 Å². The maximum Gasteiger partial charge on any atom is 0.359 e. The summed E-state index contributed by atoms with van der Waals surface area (Å²) >= 11 is 6.01. The lowest BCUT2D eigenvalue weighted by Gasteiger charge is -2.17. The van der Waals surface area contributed by atoms with Gasteiger partial charge in [0.25, 0.3) is 6.10 Å². The average molecular weight is 540 g/mol. The molecule has 0 aliphatic heterocycles. The third-order valence-corrected chi connectivity index (χ3v) is 6.39. The van der Waals surface area contributed by atoms with E-state index in [1.165, 1.54) is 5.56 Å². The molecule has 1 fully saturated rings. The van der Waals surface area contributed by atoms with Crippen molar-refractivity contribution < 1.29 is 28.9 Å². The smallest absolute Gasteiger partial charge is 0.359 e. The van der Waals surface area contributed by atoms with Crippen LogP contribution in [-0.2, 0) is 19.1 Å². The van der Waals surface area contributed by atoms with Crippen molar-refractivity contribution in [3.05, 3.63) is 64.7 Å². The summed E-state index contributed by atoms with van der Waals surface area (Å²) in [6.45, 7) is 4.95. The van der Waals surface area contributed by atoms with Gasteiger partial charge in [-0.3, -0.25) is 0 Å². The standard InChI is InChI=1S/C27H34ClNO6.ClH/c1-3-33-26(31)25(27(32)34-4-2)35-23-12-10-19(11-13-23)20-9-8-18(14-20)16-29-17-24(30)21-6-5-7-22(28)15-21;/h5-7,10-13,15,18,20,24-25,29-30H,3-4,8-9,14,16-17H2,1-2H3;1H/t18?,20?,24-;/m0./s1. The molecule has 36 heavy (non-hydrogen) atoms. The minimum absolute atomic E-state index is 0. The van der Waals surface area contributed by atoms with Crippen LogP contribution in [0.15, 0.2) is 48.5 Å². The highest BCUT2D eigenvalue weighted by Gasteiger charge is 2.32. The third-order valence-electron chi connectivity index (χ3n) is 6.15. The Hall–Kier alpha value is -2.32. The number of carbonyl (C=O) groups is 2. The second-order valence-electron chi connectivity index (χ2n) is 8.68. The number of aliphatic hydroxyl groups excluding tert-OH is 1. The largest absolute Gasteiger partial charge is 0.467 e. The summed E-state index contributed by atoms with van der Waals surface area (Å²) in [5, 5.41) is 14.4. The first-order chi connectivity index (χ1) is 16.9. The Bertz CT molecular complexity index is 953. The fourth-order valence-corrected chi connectivity index (χ4v) is 4.60. The lowest BCUT2D eigenvalue weighted by Crippen LogP contribution is -2.38. The average Bonchev–Trinajstić information content (AvgIpc) is 3.32. The minimum atomic E-state index is -1.44. The number of rotatable bonds is 12. The molecule has 1 aliphatic carbocycles. The number of carbonyl (C=O) groups excluding carboxylic acids is 2. The molecule has 2 N–H and O–H groups in total. The van der Waals surface area contributed by atoms with Gasteiger partial charge in [0.2, 0.25) is 0 Å². The van der Waals surface area contributed by atoms with Crippen molar-refractivity contribution in [3.63, 3.8) is 0 Å². The second-order valence-corrected chi connectivity index (χ2v) is 9.11. The van der Waals surface area contributed by atoms with Gasteiger partial charge in [0.1, 0.15) is 5.75 Å². The Morgan fingerprint density at radius 1 is 1.06 bits per heavy atom. The molecule has 1 saturated carbocycles. The van der Waals surface area contributed by atoms with Gasteiger partial charge in [-0.05, 0) is 86.9 Å².